The summed E-state index contributed by atoms with van der Waals surface area (Å²) in [5.41, 5.74) is 0. The molecule has 1 fully saturated rings. The van der Waals surface area contributed by atoms with Crippen molar-refractivity contribution < 1.29 is 14.3 Å². The van der Waals surface area contributed by atoms with Crippen molar-refractivity contribution in [1.29, 1.82) is 0 Å². The van der Waals surface area contributed by atoms with E-state index in [4.69, 9.17) is 4.74 Å². The zero-order valence-corrected chi connectivity index (χ0v) is 14.8. The lowest BCUT2D eigenvalue weighted by Gasteiger charge is -2.13. The monoisotopic (exact) mass is 312 g/mol. The van der Waals surface area contributed by atoms with E-state index in [0.29, 0.717) is 18.6 Å². The van der Waals surface area contributed by atoms with Crippen molar-refractivity contribution in [2.75, 3.05) is 7.11 Å². The first-order valence-electron chi connectivity index (χ1n) is 9.48. The summed E-state index contributed by atoms with van der Waals surface area (Å²) in [6, 6.07) is 0. The van der Waals surface area contributed by atoms with E-state index in [-0.39, 0.29) is 5.97 Å². The summed E-state index contributed by atoms with van der Waals surface area (Å²) in [4.78, 5) is 11.0. The van der Waals surface area contributed by atoms with Crippen LogP contribution in [0.3, 0.4) is 0 Å². The maximum Gasteiger partial charge on any atom is 0.305 e. The van der Waals surface area contributed by atoms with Crippen LogP contribution in [0, 0.1) is 0 Å². The SMILES string of the molecule is CCCCCC[C@H]1CC[C@@H](CCCCCCCC(=O)OC)O1. The summed E-state index contributed by atoms with van der Waals surface area (Å²) in [5, 5.41) is 0. The molecular weight excluding hydrogens is 276 g/mol. The molecular formula is C19H36O3. The van der Waals surface area contributed by atoms with Crippen LogP contribution in [0.1, 0.15) is 96.8 Å². The maximum absolute atomic E-state index is 11.0. The first-order chi connectivity index (χ1) is 10.8. The van der Waals surface area contributed by atoms with Crippen molar-refractivity contribution in [2.24, 2.45) is 0 Å². The quantitative estimate of drug-likeness (QED) is 0.337. The van der Waals surface area contributed by atoms with Gasteiger partial charge in [-0.05, 0) is 32.1 Å². The predicted octanol–water partition coefficient (Wildman–Crippen LogP) is 5.41. The smallest absolute Gasteiger partial charge is 0.305 e. The van der Waals surface area contributed by atoms with E-state index in [1.807, 2.05) is 0 Å². The van der Waals surface area contributed by atoms with Crippen molar-refractivity contribution in [3.8, 4) is 0 Å². The average Bonchev–Trinajstić information content (AvgIpc) is 2.98. The van der Waals surface area contributed by atoms with E-state index in [9.17, 15) is 4.79 Å². The van der Waals surface area contributed by atoms with E-state index in [1.54, 1.807) is 0 Å². The Morgan fingerprint density at radius 1 is 0.909 bits per heavy atom. The highest BCUT2D eigenvalue weighted by atomic mass is 16.5. The van der Waals surface area contributed by atoms with Gasteiger partial charge in [0.25, 0.3) is 0 Å². The van der Waals surface area contributed by atoms with E-state index in [2.05, 4.69) is 11.7 Å². The number of ether oxygens (including phenoxy) is 2. The molecule has 22 heavy (non-hydrogen) atoms. The number of hydrogen-bond donors (Lipinski definition) is 0. The van der Waals surface area contributed by atoms with E-state index in [1.165, 1.54) is 77.7 Å². The Bertz CT molecular complexity index is 278. The number of methoxy groups -OCH3 is 1. The van der Waals surface area contributed by atoms with Gasteiger partial charge in [-0.2, -0.15) is 0 Å². The van der Waals surface area contributed by atoms with E-state index >= 15 is 0 Å². The molecule has 0 aromatic heterocycles. The molecule has 1 heterocycles. The summed E-state index contributed by atoms with van der Waals surface area (Å²) in [5.74, 6) is -0.0793. The van der Waals surface area contributed by atoms with Crippen molar-refractivity contribution in [1.82, 2.24) is 0 Å². The van der Waals surface area contributed by atoms with Gasteiger partial charge < -0.3 is 9.47 Å². The standard InChI is InChI=1S/C19H36O3/c1-3-4-5-9-12-17-15-16-18(22-17)13-10-7-6-8-11-14-19(20)21-2/h17-18H,3-16H2,1-2H3/t17-,18+/m0/s1. The van der Waals surface area contributed by atoms with Crippen LogP contribution in [0.5, 0.6) is 0 Å². The molecule has 0 N–H and O–H groups in total. The molecule has 1 saturated heterocycles. The summed E-state index contributed by atoms with van der Waals surface area (Å²) in [6.07, 6.45) is 17.9. The third-order valence-electron chi connectivity index (χ3n) is 4.71. The van der Waals surface area contributed by atoms with Crippen LogP contribution in [0.25, 0.3) is 0 Å². The zero-order chi connectivity index (χ0) is 16.0. The molecule has 0 spiro atoms. The molecule has 0 bridgehead atoms. The van der Waals surface area contributed by atoms with Crippen LogP contribution in [0.4, 0.5) is 0 Å². The molecule has 0 aliphatic carbocycles. The van der Waals surface area contributed by atoms with Crippen LogP contribution >= 0.6 is 0 Å². The van der Waals surface area contributed by atoms with Crippen molar-refractivity contribution in [3.63, 3.8) is 0 Å². The molecule has 1 aliphatic rings. The normalized spacial score (nSPS) is 21.2. The average molecular weight is 312 g/mol. The number of esters is 1. The van der Waals surface area contributed by atoms with Crippen molar-refractivity contribution >= 4 is 5.97 Å². The van der Waals surface area contributed by atoms with Gasteiger partial charge in [0.15, 0.2) is 0 Å². The highest BCUT2D eigenvalue weighted by Crippen LogP contribution is 2.27. The molecule has 0 radical (unpaired) electrons. The molecule has 0 amide bonds. The molecule has 130 valence electrons. The molecule has 3 heteroatoms. The minimum Gasteiger partial charge on any atom is -0.469 e. The summed E-state index contributed by atoms with van der Waals surface area (Å²) < 4.78 is 10.8. The lowest BCUT2D eigenvalue weighted by atomic mass is 10.0. The summed E-state index contributed by atoms with van der Waals surface area (Å²) in [7, 11) is 1.46. The van der Waals surface area contributed by atoms with Crippen LogP contribution in [0.2, 0.25) is 0 Å². The largest absolute Gasteiger partial charge is 0.469 e. The van der Waals surface area contributed by atoms with Gasteiger partial charge in [-0.3, -0.25) is 4.79 Å². The van der Waals surface area contributed by atoms with Gasteiger partial charge in [0.05, 0.1) is 19.3 Å². The highest BCUT2D eigenvalue weighted by molar-refractivity contribution is 5.68. The Balaban J connectivity index is 1.88. The molecule has 1 rings (SSSR count). The van der Waals surface area contributed by atoms with Crippen molar-refractivity contribution in [3.05, 3.63) is 0 Å². The van der Waals surface area contributed by atoms with Gasteiger partial charge >= 0.3 is 5.97 Å². The van der Waals surface area contributed by atoms with E-state index in [0.717, 1.165) is 12.8 Å². The Labute approximate surface area is 137 Å². The number of carbonyl (C=O) groups excluding carboxylic acids is 1. The van der Waals surface area contributed by atoms with Gasteiger partial charge in [0, 0.05) is 6.42 Å². The second kappa shape index (κ2) is 12.9. The highest BCUT2D eigenvalue weighted by Gasteiger charge is 2.24. The molecule has 2 atom stereocenters. The number of hydrogen-bond acceptors (Lipinski definition) is 3. The second-order valence-electron chi connectivity index (χ2n) is 6.69. The fourth-order valence-electron chi connectivity index (χ4n) is 3.28. The summed E-state index contributed by atoms with van der Waals surface area (Å²) in [6.45, 7) is 2.26. The third-order valence-corrected chi connectivity index (χ3v) is 4.71. The van der Waals surface area contributed by atoms with Gasteiger partial charge in [0.1, 0.15) is 0 Å². The molecule has 3 nitrogen and oxygen atoms in total. The fraction of sp³-hybridized carbons (Fsp3) is 0.947. The fourth-order valence-corrected chi connectivity index (χ4v) is 3.28. The lowest BCUT2D eigenvalue weighted by molar-refractivity contribution is -0.140. The second-order valence-corrected chi connectivity index (χ2v) is 6.69. The van der Waals surface area contributed by atoms with Crippen LogP contribution in [-0.2, 0) is 14.3 Å². The number of rotatable bonds is 13. The topological polar surface area (TPSA) is 35.5 Å². The minimum atomic E-state index is -0.0793. The van der Waals surface area contributed by atoms with Gasteiger partial charge in [-0.1, -0.05) is 58.3 Å². The lowest BCUT2D eigenvalue weighted by Crippen LogP contribution is -2.10. The minimum absolute atomic E-state index is 0.0793. The van der Waals surface area contributed by atoms with E-state index < -0.39 is 0 Å². The van der Waals surface area contributed by atoms with Crippen molar-refractivity contribution in [2.45, 2.75) is 109 Å². The first kappa shape index (κ1) is 19.5. The number of unbranched alkanes of at least 4 members (excludes halogenated alkanes) is 7. The predicted molar refractivity (Wildman–Crippen MR) is 91.0 cm³/mol. The molecule has 0 aromatic carbocycles. The molecule has 0 unspecified atom stereocenters. The Morgan fingerprint density at radius 3 is 2.05 bits per heavy atom. The Hall–Kier alpha value is -0.570. The zero-order valence-electron chi connectivity index (χ0n) is 14.8. The number of carbonyl (C=O) groups is 1. The Morgan fingerprint density at radius 2 is 1.45 bits per heavy atom. The Kier molecular flexibility index (Phi) is 11.4. The van der Waals surface area contributed by atoms with Gasteiger partial charge in [-0.25, -0.2) is 0 Å². The van der Waals surface area contributed by atoms with Gasteiger partial charge in [-0.15, -0.1) is 0 Å². The molecule has 1 aliphatic heterocycles. The maximum atomic E-state index is 11.0. The summed E-state index contributed by atoms with van der Waals surface area (Å²) >= 11 is 0. The van der Waals surface area contributed by atoms with Crippen LogP contribution in [-0.4, -0.2) is 25.3 Å². The molecule has 0 saturated carbocycles. The molecule has 0 aromatic rings. The first-order valence-corrected chi connectivity index (χ1v) is 9.48. The third kappa shape index (κ3) is 9.45. The van der Waals surface area contributed by atoms with Crippen LogP contribution in [0.15, 0.2) is 0 Å². The van der Waals surface area contributed by atoms with Gasteiger partial charge in [0.2, 0.25) is 0 Å². The van der Waals surface area contributed by atoms with Crippen LogP contribution < -0.4 is 0 Å².